The maximum Gasteiger partial charge on any atom is 0.227 e. The molecule has 3 rings (SSSR count). The van der Waals surface area contributed by atoms with Gasteiger partial charge in [0, 0.05) is 31.2 Å². The number of nitrogens with one attached hydrogen (secondary N) is 1. The van der Waals surface area contributed by atoms with E-state index in [1.165, 1.54) is 17.5 Å². The normalized spacial score (nSPS) is 27.6. The van der Waals surface area contributed by atoms with Crippen LogP contribution in [0, 0.1) is 0 Å². The van der Waals surface area contributed by atoms with Crippen LogP contribution in [0.1, 0.15) is 36.9 Å². The Bertz CT molecular complexity index is 463. The van der Waals surface area contributed by atoms with Crippen LogP contribution in [0.2, 0.25) is 0 Å². The summed E-state index contributed by atoms with van der Waals surface area (Å²) in [5.74, 6) is 0.223. The predicted molar refractivity (Wildman–Crippen MR) is 68.1 cm³/mol. The van der Waals surface area contributed by atoms with Crippen molar-refractivity contribution >= 4 is 11.6 Å². The van der Waals surface area contributed by atoms with Gasteiger partial charge in [0.1, 0.15) is 0 Å². The first-order valence-electron chi connectivity index (χ1n) is 6.30. The Kier molecular flexibility index (Phi) is 2.44. The zero-order chi connectivity index (χ0) is 12.0. The lowest BCUT2D eigenvalue weighted by molar-refractivity contribution is -0.118. The summed E-state index contributed by atoms with van der Waals surface area (Å²) in [5.41, 5.74) is 3.76. The van der Waals surface area contributed by atoms with Gasteiger partial charge in [-0.1, -0.05) is 12.1 Å². The van der Waals surface area contributed by atoms with Gasteiger partial charge in [0.05, 0.1) is 0 Å². The third-order valence-electron chi connectivity index (χ3n) is 3.92. The minimum absolute atomic E-state index is 0.223. The van der Waals surface area contributed by atoms with Gasteiger partial charge in [0.15, 0.2) is 0 Å². The number of anilines is 1. The number of nitrogens with zero attached hydrogens (tertiary/aromatic N) is 1. The summed E-state index contributed by atoms with van der Waals surface area (Å²) in [7, 11) is 1.86. The largest absolute Gasteiger partial charge is 0.315 e. The molecular formula is C14H18N2O. The molecule has 2 aliphatic rings. The van der Waals surface area contributed by atoms with Gasteiger partial charge in [0.2, 0.25) is 5.91 Å². The van der Waals surface area contributed by atoms with Gasteiger partial charge in [0.25, 0.3) is 0 Å². The van der Waals surface area contributed by atoms with Gasteiger partial charge in [-0.15, -0.1) is 0 Å². The Balaban J connectivity index is 1.89. The molecular weight excluding hydrogens is 212 g/mol. The number of hydrogen-bond donors (Lipinski definition) is 1. The molecule has 2 heterocycles. The molecule has 0 aromatic heterocycles. The number of fused-ring (bicyclic) bond motifs is 1. The van der Waals surface area contributed by atoms with E-state index in [0.717, 1.165) is 12.1 Å². The van der Waals surface area contributed by atoms with Crippen LogP contribution in [0.5, 0.6) is 0 Å². The molecule has 0 aliphatic carbocycles. The second kappa shape index (κ2) is 3.84. The van der Waals surface area contributed by atoms with Crippen LogP contribution in [-0.4, -0.2) is 19.0 Å². The van der Waals surface area contributed by atoms with Crippen LogP contribution in [0.4, 0.5) is 5.69 Å². The summed E-state index contributed by atoms with van der Waals surface area (Å²) < 4.78 is 0. The Morgan fingerprint density at radius 2 is 2.12 bits per heavy atom. The third kappa shape index (κ3) is 1.75. The SMILES string of the molecule is CC1CC(c2ccc3c(c2)CCC(=O)N3C)N1. The van der Waals surface area contributed by atoms with Crippen molar-refractivity contribution in [1.82, 2.24) is 5.32 Å². The van der Waals surface area contributed by atoms with Gasteiger partial charge >= 0.3 is 0 Å². The van der Waals surface area contributed by atoms with E-state index in [9.17, 15) is 4.79 Å². The highest BCUT2D eigenvalue weighted by molar-refractivity contribution is 5.95. The van der Waals surface area contributed by atoms with E-state index in [4.69, 9.17) is 0 Å². The Hall–Kier alpha value is -1.35. The Morgan fingerprint density at radius 3 is 2.82 bits per heavy atom. The Labute approximate surface area is 102 Å². The van der Waals surface area contributed by atoms with Crippen molar-refractivity contribution in [3.63, 3.8) is 0 Å². The van der Waals surface area contributed by atoms with E-state index in [-0.39, 0.29) is 5.91 Å². The number of carbonyl (C=O) groups is 1. The van der Waals surface area contributed by atoms with Crippen LogP contribution in [0.25, 0.3) is 0 Å². The van der Waals surface area contributed by atoms with Crippen LogP contribution in [0.3, 0.4) is 0 Å². The number of amides is 1. The minimum Gasteiger partial charge on any atom is -0.315 e. The average Bonchev–Trinajstić information content (AvgIpc) is 2.30. The molecule has 3 heteroatoms. The van der Waals surface area contributed by atoms with E-state index in [1.54, 1.807) is 4.90 Å². The molecule has 1 aromatic carbocycles. The summed E-state index contributed by atoms with van der Waals surface area (Å²) in [6.07, 6.45) is 2.74. The van der Waals surface area contributed by atoms with Crippen LogP contribution >= 0.6 is 0 Å². The molecule has 1 amide bonds. The van der Waals surface area contributed by atoms with Crippen molar-refractivity contribution in [3.05, 3.63) is 29.3 Å². The fourth-order valence-corrected chi connectivity index (χ4v) is 2.80. The van der Waals surface area contributed by atoms with Gasteiger partial charge < -0.3 is 10.2 Å². The maximum atomic E-state index is 11.6. The first-order chi connectivity index (χ1) is 8.15. The molecule has 2 unspecified atom stereocenters. The summed E-state index contributed by atoms with van der Waals surface area (Å²) in [5, 5.41) is 3.51. The predicted octanol–water partition coefficient (Wildman–Crippen LogP) is 2.02. The summed E-state index contributed by atoms with van der Waals surface area (Å²) >= 11 is 0. The van der Waals surface area contributed by atoms with E-state index in [2.05, 4.69) is 30.4 Å². The van der Waals surface area contributed by atoms with Gasteiger partial charge in [-0.05, 0) is 37.0 Å². The molecule has 1 N–H and O–H groups in total. The van der Waals surface area contributed by atoms with Gasteiger partial charge in [-0.25, -0.2) is 0 Å². The monoisotopic (exact) mass is 230 g/mol. The zero-order valence-electron chi connectivity index (χ0n) is 10.4. The number of rotatable bonds is 1. The molecule has 1 saturated heterocycles. The quantitative estimate of drug-likeness (QED) is 0.800. The van der Waals surface area contributed by atoms with Crippen molar-refractivity contribution in [2.24, 2.45) is 0 Å². The average molecular weight is 230 g/mol. The molecule has 2 aliphatic heterocycles. The smallest absolute Gasteiger partial charge is 0.227 e. The summed E-state index contributed by atoms with van der Waals surface area (Å²) in [4.78, 5) is 13.4. The van der Waals surface area contributed by atoms with E-state index in [1.807, 2.05) is 7.05 Å². The molecule has 2 atom stereocenters. The second-order valence-corrected chi connectivity index (χ2v) is 5.20. The van der Waals surface area contributed by atoms with Crippen LogP contribution < -0.4 is 10.2 Å². The fraction of sp³-hybridized carbons (Fsp3) is 0.500. The first-order valence-corrected chi connectivity index (χ1v) is 6.30. The topological polar surface area (TPSA) is 32.3 Å². The molecule has 1 aromatic rings. The van der Waals surface area contributed by atoms with E-state index < -0.39 is 0 Å². The van der Waals surface area contributed by atoms with Crippen molar-refractivity contribution in [2.45, 2.75) is 38.3 Å². The van der Waals surface area contributed by atoms with Crippen molar-refractivity contribution in [2.75, 3.05) is 11.9 Å². The van der Waals surface area contributed by atoms with E-state index in [0.29, 0.717) is 18.5 Å². The second-order valence-electron chi connectivity index (χ2n) is 5.20. The Morgan fingerprint density at radius 1 is 1.35 bits per heavy atom. The standard InChI is InChI=1S/C14H18N2O/c1-9-7-12(15-9)10-3-5-13-11(8-10)4-6-14(17)16(13)2/h3,5,8-9,12,15H,4,6-7H2,1-2H3. The lowest BCUT2D eigenvalue weighted by atomic mass is 9.89. The molecule has 0 bridgehead atoms. The van der Waals surface area contributed by atoms with Crippen LogP contribution in [-0.2, 0) is 11.2 Å². The lowest BCUT2D eigenvalue weighted by Crippen LogP contribution is -2.43. The highest BCUT2D eigenvalue weighted by atomic mass is 16.2. The van der Waals surface area contributed by atoms with Crippen molar-refractivity contribution in [3.8, 4) is 0 Å². The van der Waals surface area contributed by atoms with Crippen molar-refractivity contribution < 1.29 is 4.79 Å². The number of benzene rings is 1. The molecule has 17 heavy (non-hydrogen) atoms. The molecule has 0 radical (unpaired) electrons. The highest BCUT2D eigenvalue weighted by Crippen LogP contribution is 2.33. The highest BCUT2D eigenvalue weighted by Gasteiger charge is 2.27. The number of carbonyl (C=O) groups excluding carboxylic acids is 1. The molecule has 3 nitrogen and oxygen atoms in total. The summed E-state index contributed by atoms with van der Waals surface area (Å²) in [6.45, 7) is 2.21. The van der Waals surface area contributed by atoms with Gasteiger partial charge in [-0.3, -0.25) is 4.79 Å². The number of aryl methyl sites for hydroxylation is 1. The third-order valence-corrected chi connectivity index (χ3v) is 3.92. The van der Waals surface area contributed by atoms with Crippen molar-refractivity contribution in [1.29, 1.82) is 0 Å². The number of hydrogen-bond acceptors (Lipinski definition) is 2. The summed E-state index contributed by atoms with van der Waals surface area (Å²) in [6, 6.07) is 7.66. The maximum absolute atomic E-state index is 11.6. The van der Waals surface area contributed by atoms with Gasteiger partial charge in [-0.2, -0.15) is 0 Å². The fourth-order valence-electron chi connectivity index (χ4n) is 2.80. The molecule has 0 spiro atoms. The molecule has 0 saturated carbocycles. The minimum atomic E-state index is 0.223. The van der Waals surface area contributed by atoms with Crippen LogP contribution in [0.15, 0.2) is 18.2 Å². The zero-order valence-corrected chi connectivity index (χ0v) is 10.4. The lowest BCUT2D eigenvalue weighted by Gasteiger charge is -2.36. The molecule has 90 valence electrons. The van der Waals surface area contributed by atoms with E-state index >= 15 is 0 Å². The first kappa shape index (κ1) is 10.8. The molecule has 1 fully saturated rings.